The highest BCUT2D eigenvalue weighted by atomic mass is 32.2. The molecule has 1 aromatic heterocycles. The van der Waals surface area contributed by atoms with E-state index in [0.29, 0.717) is 16.6 Å². The lowest BCUT2D eigenvalue weighted by Crippen LogP contribution is -2.19. The van der Waals surface area contributed by atoms with Gasteiger partial charge in [-0.2, -0.15) is 5.10 Å². The molecule has 0 saturated heterocycles. The summed E-state index contributed by atoms with van der Waals surface area (Å²) < 4.78 is 5.45. The van der Waals surface area contributed by atoms with Crippen LogP contribution < -0.4 is 10.2 Å². The average Bonchev–Trinajstić information content (AvgIpc) is 2.76. The lowest BCUT2D eigenvalue weighted by molar-refractivity contribution is 0.0952. The second-order valence-electron chi connectivity index (χ2n) is 6.00. The van der Waals surface area contributed by atoms with Crippen LogP contribution in [0.3, 0.4) is 0 Å². The molecule has 2 aromatic carbocycles. The van der Waals surface area contributed by atoms with E-state index in [1.807, 2.05) is 18.2 Å². The van der Waals surface area contributed by atoms with Gasteiger partial charge in [0.25, 0.3) is 5.91 Å². The highest BCUT2D eigenvalue weighted by Gasteiger charge is 2.11. The zero-order valence-electron chi connectivity index (χ0n) is 16.0. The van der Waals surface area contributed by atoms with Crippen LogP contribution in [-0.2, 0) is 5.75 Å². The van der Waals surface area contributed by atoms with Crippen LogP contribution >= 0.6 is 11.8 Å². The van der Waals surface area contributed by atoms with Gasteiger partial charge < -0.3 is 9.84 Å². The van der Waals surface area contributed by atoms with Crippen LogP contribution in [0.5, 0.6) is 11.5 Å². The number of methoxy groups -OCH3 is 1. The van der Waals surface area contributed by atoms with E-state index in [1.54, 1.807) is 44.6 Å². The molecular weight excluding hydrogens is 388 g/mol. The predicted octanol–water partition coefficient (Wildman–Crippen LogP) is 3.64. The number of hydrazone groups is 1. The van der Waals surface area contributed by atoms with Gasteiger partial charge >= 0.3 is 0 Å². The fourth-order valence-electron chi connectivity index (χ4n) is 2.54. The van der Waals surface area contributed by atoms with Gasteiger partial charge in [0.05, 0.1) is 18.4 Å². The van der Waals surface area contributed by atoms with Crippen LogP contribution in [0, 0.1) is 0 Å². The Morgan fingerprint density at radius 2 is 1.93 bits per heavy atom. The maximum absolute atomic E-state index is 12.2. The number of phenols is 1. The molecule has 2 N–H and O–H groups in total. The van der Waals surface area contributed by atoms with E-state index in [2.05, 4.69) is 20.5 Å². The minimum Gasteiger partial charge on any atom is -0.507 e. The largest absolute Gasteiger partial charge is 0.507 e. The second-order valence-corrected chi connectivity index (χ2v) is 6.94. The Morgan fingerprint density at radius 3 is 2.66 bits per heavy atom. The van der Waals surface area contributed by atoms with Crippen molar-refractivity contribution in [2.75, 3.05) is 7.11 Å². The quantitative estimate of drug-likeness (QED) is 0.268. The van der Waals surface area contributed by atoms with Crippen LogP contribution in [0.15, 0.2) is 71.2 Å². The van der Waals surface area contributed by atoms with Crippen LogP contribution in [0.25, 0.3) is 0 Å². The number of nitrogens with zero attached hydrogens (tertiary/aromatic N) is 3. The SMILES string of the molecule is COc1ccc(C(C)=NNC(=O)c2ccccc2O)cc1CSc1ncccn1. The second kappa shape index (κ2) is 9.70. The lowest BCUT2D eigenvalue weighted by atomic mass is 10.1. The van der Waals surface area contributed by atoms with Crippen molar-refractivity contribution >= 4 is 23.4 Å². The number of amides is 1. The Hall–Kier alpha value is -3.39. The van der Waals surface area contributed by atoms with Gasteiger partial charge in [-0.1, -0.05) is 23.9 Å². The predicted molar refractivity (Wildman–Crippen MR) is 112 cm³/mol. The molecule has 1 amide bonds. The summed E-state index contributed by atoms with van der Waals surface area (Å²) in [6.45, 7) is 1.80. The van der Waals surface area contributed by atoms with E-state index < -0.39 is 5.91 Å². The van der Waals surface area contributed by atoms with Gasteiger partial charge in [0, 0.05) is 23.7 Å². The highest BCUT2D eigenvalue weighted by molar-refractivity contribution is 7.98. The van der Waals surface area contributed by atoms with Gasteiger partial charge in [0.2, 0.25) is 0 Å². The average molecular weight is 408 g/mol. The first-order valence-electron chi connectivity index (χ1n) is 8.78. The smallest absolute Gasteiger partial charge is 0.275 e. The third kappa shape index (κ3) is 5.32. The van der Waals surface area contributed by atoms with E-state index in [-0.39, 0.29) is 11.3 Å². The van der Waals surface area contributed by atoms with Crippen LogP contribution in [0.1, 0.15) is 28.4 Å². The first-order chi connectivity index (χ1) is 14.1. The van der Waals surface area contributed by atoms with Gasteiger partial charge in [-0.15, -0.1) is 0 Å². The van der Waals surface area contributed by atoms with Crippen molar-refractivity contribution in [2.24, 2.45) is 5.10 Å². The minimum atomic E-state index is -0.479. The number of ether oxygens (including phenoxy) is 1. The third-order valence-electron chi connectivity index (χ3n) is 4.07. The van der Waals surface area contributed by atoms with Gasteiger partial charge in [-0.25, -0.2) is 15.4 Å². The molecule has 0 spiro atoms. The molecule has 0 fully saturated rings. The Kier molecular flexibility index (Phi) is 6.80. The normalized spacial score (nSPS) is 11.2. The standard InChI is InChI=1S/C21H20N4O3S/c1-14(24-25-20(27)17-6-3-4-7-18(17)26)15-8-9-19(28-2)16(12-15)13-29-21-22-10-5-11-23-21/h3-12,26H,13H2,1-2H3,(H,25,27). The number of phenolic OH excluding ortho intramolecular Hbond substituents is 1. The van der Waals surface area contributed by atoms with Crippen molar-refractivity contribution in [1.29, 1.82) is 0 Å². The summed E-state index contributed by atoms with van der Waals surface area (Å²) in [6.07, 6.45) is 3.40. The molecule has 148 valence electrons. The number of para-hydroxylation sites is 1. The molecule has 0 aliphatic rings. The molecule has 0 atom stereocenters. The molecule has 8 heteroatoms. The summed E-state index contributed by atoms with van der Waals surface area (Å²) in [5.41, 5.74) is 5.07. The Balaban J connectivity index is 1.74. The van der Waals surface area contributed by atoms with Crippen molar-refractivity contribution in [1.82, 2.24) is 15.4 Å². The van der Waals surface area contributed by atoms with Crippen molar-refractivity contribution < 1.29 is 14.6 Å². The van der Waals surface area contributed by atoms with E-state index in [1.165, 1.54) is 23.9 Å². The number of rotatable bonds is 7. The van der Waals surface area contributed by atoms with E-state index >= 15 is 0 Å². The number of aromatic hydroxyl groups is 1. The number of nitrogens with one attached hydrogen (secondary N) is 1. The zero-order valence-corrected chi connectivity index (χ0v) is 16.8. The molecule has 29 heavy (non-hydrogen) atoms. The Bertz CT molecular complexity index is 1030. The van der Waals surface area contributed by atoms with Crippen LogP contribution in [0.2, 0.25) is 0 Å². The Labute approximate surface area is 172 Å². The van der Waals surface area contributed by atoms with Crippen LogP contribution in [-0.4, -0.2) is 33.8 Å². The van der Waals surface area contributed by atoms with Crippen molar-refractivity contribution in [3.8, 4) is 11.5 Å². The van der Waals surface area contributed by atoms with Gasteiger partial charge in [-0.05, 0) is 48.9 Å². The van der Waals surface area contributed by atoms with E-state index in [9.17, 15) is 9.90 Å². The summed E-state index contributed by atoms with van der Waals surface area (Å²) in [7, 11) is 1.62. The minimum absolute atomic E-state index is 0.0928. The fraction of sp³-hybridized carbons (Fsp3) is 0.143. The topological polar surface area (TPSA) is 96.7 Å². The third-order valence-corrected chi connectivity index (χ3v) is 5.00. The number of hydrogen-bond acceptors (Lipinski definition) is 7. The fourth-order valence-corrected chi connectivity index (χ4v) is 3.32. The maximum Gasteiger partial charge on any atom is 0.275 e. The molecule has 3 rings (SSSR count). The molecule has 0 radical (unpaired) electrons. The number of benzene rings is 2. The number of thioether (sulfide) groups is 1. The monoisotopic (exact) mass is 408 g/mol. The molecule has 0 unspecified atom stereocenters. The molecule has 7 nitrogen and oxygen atoms in total. The number of carbonyl (C=O) groups excluding carboxylic acids is 1. The lowest BCUT2D eigenvalue weighted by Gasteiger charge is -2.11. The molecule has 0 bridgehead atoms. The van der Waals surface area contributed by atoms with Crippen LogP contribution in [0.4, 0.5) is 0 Å². The molecular formula is C21H20N4O3S. The first-order valence-corrected chi connectivity index (χ1v) is 9.76. The maximum atomic E-state index is 12.2. The van der Waals surface area contributed by atoms with E-state index in [0.717, 1.165) is 16.9 Å². The molecule has 0 saturated carbocycles. The van der Waals surface area contributed by atoms with Crippen molar-refractivity contribution in [2.45, 2.75) is 17.8 Å². The summed E-state index contributed by atoms with van der Waals surface area (Å²) in [5.74, 6) is 0.805. The molecule has 0 aliphatic heterocycles. The number of aromatic nitrogens is 2. The van der Waals surface area contributed by atoms with Crippen molar-refractivity contribution in [3.05, 3.63) is 77.6 Å². The number of carbonyl (C=O) groups is 1. The molecule has 0 aliphatic carbocycles. The molecule has 1 heterocycles. The summed E-state index contributed by atoms with van der Waals surface area (Å²) in [6, 6.07) is 13.8. The Morgan fingerprint density at radius 1 is 1.17 bits per heavy atom. The summed E-state index contributed by atoms with van der Waals surface area (Å²) in [5, 5.41) is 14.6. The zero-order chi connectivity index (χ0) is 20.6. The highest BCUT2D eigenvalue weighted by Crippen LogP contribution is 2.27. The number of hydrogen-bond donors (Lipinski definition) is 2. The van der Waals surface area contributed by atoms with Gasteiger partial charge in [0.1, 0.15) is 11.5 Å². The van der Waals surface area contributed by atoms with Crippen molar-refractivity contribution in [3.63, 3.8) is 0 Å². The first kappa shape index (κ1) is 20.3. The van der Waals surface area contributed by atoms with Gasteiger partial charge in [-0.3, -0.25) is 4.79 Å². The van der Waals surface area contributed by atoms with E-state index in [4.69, 9.17) is 4.74 Å². The van der Waals surface area contributed by atoms with Gasteiger partial charge in [0.15, 0.2) is 5.16 Å². The summed E-state index contributed by atoms with van der Waals surface area (Å²) in [4.78, 5) is 20.6. The summed E-state index contributed by atoms with van der Waals surface area (Å²) >= 11 is 1.50. The molecule has 3 aromatic rings.